The number of likely N-dealkylation sites (tertiary alicyclic amines) is 1. The van der Waals surface area contributed by atoms with Crippen LogP contribution in [0.25, 0.3) is 0 Å². The van der Waals surface area contributed by atoms with Gasteiger partial charge in [0, 0.05) is 18.0 Å². The molecule has 1 atom stereocenters. The topological polar surface area (TPSA) is 55.6 Å². The molecule has 1 amide bonds. The van der Waals surface area contributed by atoms with Crippen LogP contribution in [-0.2, 0) is 4.79 Å². The van der Waals surface area contributed by atoms with Crippen LogP contribution in [0, 0.1) is 5.41 Å². The van der Waals surface area contributed by atoms with Crippen molar-refractivity contribution >= 4 is 30.1 Å². The lowest BCUT2D eigenvalue weighted by Crippen LogP contribution is -2.35. The molecule has 0 radical (unpaired) electrons. The summed E-state index contributed by atoms with van der Waals surface area (Å²) in [5, 5.41) is 0. The Morgan fingerprint density at radius 3 is 2.64 bits per heavy atom. The van der Waals surface area contributed by atoms with Gasteiger partial charge in [-0.15, -0.1) is 24.2 Å². The highest BCUT2D eigenvalue weighted by atomic mass is 35.5. The van der Waals surface area contributed by atoms with Gasteiger partial charge in [-0.2, -0.15) is 0 Å². The average Bonchev–Trinajstić information content (AvgIpc) is 2.90. The van der Waals surface area contributed by atoms with Crippen LogP contribution in [0.15, 0.2) is 29.2 Å². The second-order valence-corrected chi connectivity index (χ2v) is 6.82. The normalized spacial score (nSPS) is 20.6. The molecule has 124 valence electrons. The molecule has 0 bridgehead atoms. The second-order valence-electron chi connectivity index (χ2n) is 5.77. The molecule has 2 N–H and O–H groups in total. The van der Waals surface area contributed by atoms with Gasteiger partial charge in [0.25, 0.3) is 0 Å². The molecule has 4 nitrogen and oxygen atoms in total. The van der Waals surface area contributed by atoms with Crippen LogP contribution in [0.2, 0.25) is 0 Å². The van der Waals surface area contributed by atoms with E-state index in [-0.39, 0.29) is 23.7 Å². The molecule has 1 heterocycles. The summed E-state index contributed by atoms with van der Waals surface area (Å²) in [6.45, 7) is 7.04. The van der Waals surface area contributed by atoms with E-state index in [1.54, 1.807) is 11.8 Å². The number of carbonyl (C=O) groups excluding carboxylic acids is 1. The number of benzene rings is 1. The fourth-order valence-corrected chi connectivity index (χ4v) is 3.24. The van der Waals surface area contributed by atoms with Crippen LogP contribution in [0.4, 0.5) is 0 Å². The largest absolute Gasteiger partial charge is 0.494 e. The molecule has 0 spiro atoms. The van der Waals surface area contributed by atoms with Crippen molar-refractivity contribution in [2.45, 2.75) is 25.2 Å². The maximum Gasteiger partial charge on any atom is 0.232 e. The predicted octanol–water partition coefficient (Wildman–Crippen LogP) is 2.80. The summed E-state index contributed by atoms with van der Waals surface area (Å²) in [7, 11) is 0. The predicted molar refractivity (Wildman–Crippen MR) is 93.9 cm³/mol. The minimum atomic E-state index is 0. The third-order valence-electron chi connectivity index (χ3n) is 3.90. The van der Waals surface area contributed by atoms with Gasteiger partial charge in [-0.3, -0.25) is 4.79 Å². The molecule has 1 unspecified atom stereocenters. The summed E-state index contributed by atoms with van der Waals surface area (Å²) < 4.78 is 5.41. The van der Waals surface area contributed by atoms with E-state index >= 15 is 0 Å². The average molecular weight is 345 g/mol. The Morgan fingerprint density at radius 1 is 1.41 bits per heavy atom. The summed E-state index contributed by atoms with van der Waals surface area (Å²) in [6.07, 6.45) is 1.00. The summed E-state index contributed by atoms with van der Waals surface area (Å²) in [6, 6.07) is 7.88. The van der Waals surface area contributed by atoms with E-state index in [2.05, 4.69) is 6.92 Å². The van der Waals surface area contributed by atoms with Crippen molar-refractivity contribution in [2.24, 2.45) is 11.1 Å². The van der Waals surface area contributed by atoms with Gasteiger partial charge >= 0.3 is 0 Å². The van der Waals surface area contributed by atoms with Gasteiger partial charge in [0.2, 0.25) is 5.91 Å². The monoisotopic (exact) mass is 344 g/mol. The highest BCUT2D eigenvalue weighted by molar-refractivity contribution is 8.00. The number of thioether (sulfide) groups is 1. The third kappa shape index (κ3) is 5.07. The highest BCUT2D eigenvalue weighted by Crippen LogP contribution is 2.29. The van der Waals surface area contributed by atoms with Crippen LogP contribution in [0.5, 0.6) is 5.75 Å². The number of carbonyl (C=O) groups is 1. The van der Waals surface area contributed by atoms with E-state index in [4.69, 9.17) is 10.5 Å². The fraction of sp³-hybridized carbons (Fsp3) is 0.562. The molecule has 22 heavy (non-hydrogen) atoms. The zero-order valence-corrected chi connectivity index (χ0v) is 14.8. The summed E-state index contributed by atoms with van der Waals surface area (Å²) in [4.78, 5) is 15.3. The number of hydrogen-bond donors (Lipinski definition) is 1. The standard InChI is InChI=1S/C16H24N2O2S.ClH/c1-3-20-13-4-6-14(7-5-13)21-10-15(19)18-9-8-16(2,11-17)12-18;/h4-7H,3,8-12,17H2,1-2H3;1H. The Hall–Kier alpha value is -0.910. The smallest absolute Gasteiger partial charge is 0.232 e. The lowest BCUT2D eigenvalue weighted by Gasteiger charge is -2.22. The molecule has 1 fully saturated rings. The minimum Gasteiger partial charge on any atom is -0.494 e. The van der Waals surface area contributed by atoms with Gasteiger partial charge < -0.3 is 15.4 Å². The van der Waals surface area contributed by atoms with Crippen molar-refractivity contribution in [3.05, 3.63) is 24.3 Å². The first-order chi connectivity index (χ1) is 10.1. The first-order valence-corrected chi connectivity index (χ1v) is 8.38. The zero-order chi connectivity index (χ0) is 15.3. The maximum absolute atomic E-state index is 12.2. The molecule has 1 aromatic rings. The van der Waals surface area contributed by atoms with Crippen LogP contribution in [-0.4, -0.2) is 42.8 Å². The quantitative estimate of drug-likeness (QED) is 0.806. The molecular formula is C16H25ClN2O2S. The van der Waals surface area contributed by atoms with E-state index in [0.29, 0.717) is 18.9 Å². The van der Waals surface area contributed by atoms with E-state index in [9.17, 15) is 4.79 Å². The fourth-order valence-electron chi connectivity index (χ4n) is 2.44. The Labute approximate surface area is 143 Å². The Balaban J connectivity index is 0.00000242. The Bertz CT molecular complexity index is 484. The van der Waals surface area contributed by atoms with E-state index in [1.807, 2.05) is 36.1 Å². The number of halogens is 1. The maximum atomic E-state index is 12.2. The molecule has 6 heteroatoms. The van der Waals surface area contributed by atoms with E-state index in [0.717, 1.165) is 30.2 Å². The number of hydrogen-bond acceptors (Lipinski definition) is 4. The van der Waals surface area contributed by atoms with Crippen LogP contribution in [0.1, 0.15) is 20.3 Å². The Kier molecular flexibility index (Phi) is 7.53. The summed E-state index contributed by atoms with van der Waals surface area (Å²) >= 11 is 1.57. The molecular weight excluding hydrogens is 320 g/mol. The Morgan fingerprint density at radius 2 is 2.09 bits per heavy atom. The molecule has 2 rings (SSSR count). The zero-order valence-electron chi connectivity index (χ0n) is 13.2. The van der Waals surface area contributed by atoms with Crippen LogP contribution >= 0.6 is 24.2 Å². The van der Waals surface area contributed by atoms with Crippen molar-refractivity contribution in [3.8, 4) is 5.75 Å². The van der Waals surface area contributed by atoms with Crippen molar-refractivity contribution in [3.63, 3.8) is 0 Å². The molecule has 0 aliphatic carbocycles. The molecule has 1 aliphatic heterocycles. The summed E-state index contributed by atoms with van der Waals surface area (Å²) in [5.74, 6) is 1.55. The first kappa shape index (κ1) is 19.1. The van der Waals surface area contributed by atoms with Gasteiger partial charge in [-0.25, -0.2) is 0 Å². The summed E-state index contributed by atoms with van der Waals surface area (Å²) in [5.41, 5.74) is 5.88. The van der Waals surface area contributed by atoms with Crippen LogP contribution in [0.3, 0.4) is 0 Å². The second kappa shape index (κ2) is 8.65. The van der Waals surface area contributed by atoms with Gasteiger partial charge in [0.1, 0.15) is 5.75 Å². The number of ether oxygens (including phenoxy) is 1. The van der Waals surface area contributed by atoms with Gasteiger partial charge in [-0.05, 0) is 49.6 Å². The SMILES string of the molecule is CCOc1ccc(SCC(=O)N2CCC(C)(CN)C2)cc1.Cl. The number of nitrogens with two attached hydrogens (primary N) is 1. The highest BCUT2D eigenvalue weighted by Gasteiger charge is 2.34. The molecule has 0 aromatic heterocycles. The van der Waals surface area contributed by atoms with E-state index < -0.39 is 0 Å². The molecule has 1 saturated heterocycles. The van der Waals surface area contributed by atoms with Gasteiger partial charge in [0.15, 0.2) is 0 Å². The molecule has 1 aromatic carbocycles. The number of amides is 1. The number of nitrogens with zero attached hydrogens (tertiary/aromatic N) is 1. The third-order valence-corrected chi connectivity index (χ3v) is 4.90. The van der Waals surface area contributed by atoms with Gasteiger partial charge in [0.05, 0.1) is 12.4 Å². The van der Waals surface area contributed by atoms with E-state index in [1.165, 1.54) is 0 Å². The van der Waals surface area contributed by atoms with Crippen molar-refractivity contribution in [1.82, 2.24) is 4.90 Å². The van der Waals surface area contributed by atoms with Crippen molar-refractivity contribution in [1.29, 1.82) is 0 Å². The van der Waals surface area contributed by atoms with Crippen LogP contribution < -0.4 is 10.5 Å². The first-order valence-electron chi connectivity index (χ1n) is 7.40. The van der Waals surface area contributed by atoms with Crippen molar-refractivity contribution < 1.29 is 9.53 Å². The molecule has 0 saturated carbocycles. The van der Waals surface area contributed by atoms with Gasteiger partial charge in [-0.1, -0.05) is 6.92 Å². The molecule has 1 aliphatic rings. The minimum absolute atomic E-state index is 0. The lowest BCUT2D eigenvalue weighted by molar-refractivity contribution is -0.127. The number of rotatable bonds is 6. The van der Waals surface area contributed by atoms with Crippen molar-refractivity contribution in [2.75, 3.05) is 32.0 Å². The lowest BCUT2D eigenvalue weighted by atomic mass is 9.90.